The highest BCUT2D eigenvalue weighted by molar-refractivity contribution is 5.69. The molecule has 0 spiro atoms. The van der Waals surface area contributed by atoms with Crippen LogP contribution in [0, 0.1) is 23.7 Å². The molecule has 4 fully saturated rings. The van der Waals surface area contributed by atoms with E-state index in [0.717, 1.165) is 76.9 Å². The van der Waals surface area contributed by atoms with Crippen molar-refractivity contribution in [3.8, 4) is 0 Å². The number of ether oxygens (including phenoxy) is 5. The molecule has 0 bridgehead atoms. The first-order valence-corrected chi connectivity index (χ1v) is 17.2. The van der Waals surface area contributed by atoms with E-state index in [9.17, 15) is 9.90 Å². The largest absolute Gasteiger partial charge is 0.469 e. The van der Waals surface area contributed by atoms with E-state index >= 15 is 0 Å². The number of carbonyl (C=O) groups excluding carboxylic acids is 1. The van der Waals surface area contributed by atoms with Crippen molar-refractivity contribution in [1.29, 1.82) is 0 Å². The molecule has 0 radical (unpaired) electrons. The van der Waals surface area contributed by atoms with Gasteiger partial charge in [-0.15, -0.1) is 0 Å². The summed E-state index contributed by atoms with van der Waals surface area (Å²) < 4.78 is 30.0. The quantitative estimate of drug-likeness (QED) is 0.122. The van der Waals surface area contributed by atoms with E-state index in [1.165, 1.54) is 45.6 Å². The zero-order chi connectivity index (χ0) is 29.6. The van der Waals surface area contributed by atoms with Crippen LogP contribution in [-0.4, -0.2) is 62.3 Å². The zero-order valence-corrected chi connectivity index (χ0v) is 26.3. The first-order chi connectivity index (χ1) is 20.6. The Hall–Kier alpha value is -1.25. The molecule has 2 aliphatic carbocycles. The standard InChI is InChI=1S/C35H58O7/c1-3-12-26-17-19-27(20-18-26)31(41-34-15-8-10-23-39-34)22-21-29-28(13-6-4-5-7-14-33(37)38-2)30(36)25-32(29)42-35-16-9-11-24-40-35/h4,6,21-22,26-32,34-36H,3,5,7-20,23-25H2,1-2H3/b6-4-,22-21+/t26?,27?,28-,29-,30+,31+,32-,34?,35?/m1/s1. The molecule has 4 rings (SSSR count). The number of hydrogen-bond acceptors (Lipinski definition) is 7. The van der Waals surface area contributed by atoms with Gasteiger partial charge in [0, 0.05) is 32.0 Å². The lowest BCUT2D eigenvalue weighted by Gasteiger charge is -2.35. The van der Waals surface area contributed by atoms with Crippen LogP contribution in [0.5, 0.6) is 0 Å². The maximum Gasteiger partial charge on any atom is 0.305 e. The molecule has 42 heavy (non-hydrogen) atoms. The van der Waals surface area contributed by atoms with Crippen LogP contribution in [-0.2, 0) is 28.5 Å². The lowest BCUT2D eigenvalue weighted by Crippen LogP contribution is -2.34. The van der Waals surface area contributed by atoms with Gasteiger partial charge in [-0.3, -0.25) is 4.79 Å². The van der Waals surface area contributed by atoms with Crippen LogP contribution in [0.1, 0.15) is 116 Å². The molecule has 7 heteroatoms. The van der Waals surface area contributed by atoms with E-state index in [1.807, 2.05) is 0 Å². The van der Waals surface area contributed by atoms with Crippen LogP contribution in [0.15, 0.2) is 24.3 Å². The van der Waals surface area contributed by atoms with Crippen LogP contribution in [0.3, 0.4) is 0 Å². The normalized spacial score (nSPS) is 35.1. The highest BCUT2D eigenvalue weighted by Crippen LogP contribution is 2.41. The lowest BCUT2D eigenvalue weighted by atomic mass is 9.77. The minimum atomic E-state index is -0.432. The summed E-state index contributed by atoms with van der Waals surface area (Å²) in [6.45, 7) is 3.82. The number of aliphatic hydroxyl groups is 1. The van der Waals surface area contributed by atoms with Gasteiger partial charge in [-0.2, -0.15) is 0 Å². The Balaban J connectivity index is 1.45. The second-order valence-electron chi connectivity index (χ2n) is 13.0. The number of esters is 1. The summed E-state index contributed by atoms with van der Waals surface area (Å²) in [7, 11) is 1.43. The smallest absolute Gasteiger partial charge is 0.305 e. The number of hydrogen-bond donors (Lipinski definition) is 1. The minimum Gasteiger partial charge on any atom is -0.469 e. The molecule has 0 aromatic rings. The van der Waals surface area contributed by atoms with E-state index in [2.05, 4.69) is 31.2 Å². The summed E-state index contributed by atoms with van der Waals surface area (Å²) >= 11 is 0. The van der Waals surface area contributed by atoms with Gasteiger partial charge in [0.25, 0.3) is 0 Å². The molecule has 2 saturated heterocycles. The van der Waals surface area contributed by atoms with Crippen LogP contribution in [0.2, 0.25) is 0 Å². The second kappa shape index (κ2) is 18.5. The second-order valence-corrected chi connectivity index (χ2v) is 13.0. The Morgan fingerprint density at radius 1 is 0.976 bits per heavy atom. The molecule has 0 aromatic heterocycles. The van der Waals surface area contributed by atoms with Gasteiger partial charge < -0.3 is 28.8 Å². The molecule has 240 valence electrons. The average molecular weight is 591 g/mol. The fourth-order valence-corrected chi connectivity index (χ4v) is 7.44. The summed E-state index contributed by atoms with van der Waals surface area (Å²) in [6.07, 6.45) is 25.5. The lowest BCUT2D eigenvalue weighted by molar-refractivity contribution is -0.193. The molecule has 1 N–H and O–H groups in total. The summed E-state index contributed by atoms with van der Waals surface area (Å²) in [5.41, 5.74) is 0. The van der Waals surface area contributed by atoms with Crippen LogP contribution >= 0.6 is 0 Å². The Bertz CT molecular complexity index is 808. The van der Waals surface area contributed by atoms with Crippen molar-refractivity contribution in [1.82, 2.24) is 0 Å². The monoisotopic (exact) mass is 590 g/mol. The molecule has 4 aliphatic rings. The molecule has 7 atom stereocenters. The van der Waals surface area contributed by atoms with Gasteiger partial charge in [-0.25, -0.2) is 0 Å². The number of aliphatic hydroxyl groups excluding tert-OH is 1. The molecular formula is C35H58O7. The first kappa shape index (κ1) is 33.6. The van der Waals surface area contributed by atoms with Crippen molar-refractivity contribution in [3.63, 3.8) is 0 Å². The fourth-order valence-electron chi connectivity index (χ4n) is 7.44. The maximum atomic E-state index is 11.4. The van der Waals surface area contributed by atoms with Crippen molar-refractivity contribution in [2.45, 2.75) is 147 Å². The van der Waals surface area contributed by atoms with Crippen molar-refractivity contribution in [2.75, 3.05) is 20.3 Å². The molecular weight excluding hydrogens is 532 g/mol. The zero-order valence-electron chi connectivity index (χ0n) is 26.3. The third-order valence-electron chi connectivity index (χ3n) is 9.93. The third-order valence-corrected chi connectivity index (χ3v) is 9.93. The highest BCUT2D eigenvalue weighted by atomic mass is 16.7. The molecule has 2 aliphatic heterocycles. The van der Waals surface area contributed by atoms with Crippen molar-refractivity contribution >= 4 is 5.97 Å². The minimum absolute atomic E-state index is 0.0227. The van der Waals surface area contributed by atoms with E-state index < -0.39 is 6.10 Å². The van der Waals surface area contributed by atoms with Gasteiger partial charge in [0.15, 0.2) is 12.6 Å². The fraction of sp³-hybridized carbons (Fsp3) is 0.857. The average Bonchev–Trinajstić information content (AvgIpc) is 3.31. The van der Waals surface area contributed by atoms with Crippen LogP contribution < -0.4 is 0 Å². The van der Waals surface area contributed by atoms with Gasteiger partial charge in [0.1, 0.15) is 0 Å². The topological polar surface area (TPSA) is 83.5 Å². The van der Waals surface area contributed by atoms with Gasteiger partial charge in [-0.1, -0.05) is 56.9 Å². The summed E-state index contributed by atoms with van der Waals surface area (Å²) in [6, 6.07) is 0. The van der Waals surface area contributed by atoms with Crippen molar-refractivity contribution < 1.29 is 33.6 Å². The SMILES string of the molecule is CCCC1CCC([C@H](/C=C/[C@@H]2[C@@H](C/C=C\CCCC(=O)OC)[C@@H](O)C[C@H]2OC2CCCCO2)OC2CCCCO2)CC1. The molecule has 7 nitrogen and oxygen atoms in total. The van der Waals surface area contributed by atoms with Gasteiger partial charge in [-0.05, 0) is 88.4 Å². The predicted octanol–water partition coefficient (Wildman–Crippen LogP) is 7.26. The number of allylic oxidation sites excluding steroid dienone is 2. The Kier molecular flexibility index (Phi) is 14.8. The summed E-state index contributed by atoms with van der Waals surface area (Å²) in [5, 5.41) is 11.2. The van der Waals surface area contributed by atoms with Crippen LogP contribution in [0.25, 0.3) is 0 Å². The molecule has 0 aromatic carbocycles. The van der Waals surface area contributed by atoms with Gasteiger partial charge in [0.2, 0.25) is 0 Å². The maximum absolute atomic E-state index is 11.4. The number of methoxy groups -OCH3 is 1. The van der Waals surface area contributed by atoms with E-state index in [0.29, 0.717) is 18.8 Å². The summed E-state index contributed by atoms with van der Waals surface area (Å²) in [4.78, 5) is 11.4. The van der Waals surface area contributed by atoms with Gasteiger partial charge in [0.05, 0.1) is 25.4 Å². The van der Waals surface area contributed by atoms with Crippen LogP contribution in [0.4, 0.5) is 0 Å². The Labute approximate surface area is 254 Å². The molecule has 2 heterocycles. The molecule has 2 saturated carbocycles. The van der Waals surface area contributed by atoms with Crippen molar-refractivity contribution in [2.24, 2.45) is 23.7 Å². The van der Waals surface area contributed by atoms with E-state index in [-0.39, 0.29) is 42.6 Å². The van der Waals surface area contributed by atoms with Gasteiger partial charge >= 0.3 is 5.97 Å². The third kappa shape index (κ3) is 10.7. The van der Waals surface area contributed by atoms with E-state index in [4.69, 9.17) is 23.7 Å². The highest BCUT2D eigenvalue weighted by Gasteiger charge is 2.43. The first-order valence-electron chi connectivity index (χ1n) is 17.2. The molecule has 0 amide bonds. The van der Waals surface area contributed by atoms with E-state index in [1.54, 1.807) is 0 Å². The van der Waals surface area contributed by atoms with Crippen molar-refractivity contribution in [3.05, 3.63) is 24.3 Å². The Morgan fingerprint density at radius 3 is 2.38 bits per heavy atom. The summed E-state index contributed by atoms with van der Waals surface area (Å²) in [5.74, 6) is 1.34. The Morgan fingerprint density at radius 2 is 1.71 bits per heavy atom. The number of carbonyl (C=O) groups is 1. The number of rotatable bonds is 15. The molecule has 2 unspecified atom stereocenters. The predicted molar refractivity (Wildman–Crippen MR) is 164 cm³/mol. The number of unbranched alkanes of at least 4 members (excludes halogenated alkanes) is 1.